The maximum absolute atomic E-state index is 11.2. The van der Waals surface area contributed by atoms with Crippen LogP contribution in [0.25, 0.3) is 0 Å². The molecule has 0 aliphatic rings. The third kappa shape index (κ3) is 7.32. The number of aliphatic hydroxyl groups is 2. The summed E-state index contributed by atoms with van der Waals surface area (Å²) in [5.74, 6) is 1.15. The van der Waals surface area contributed by atoms with E-state index in [0.717, 1.165) is 11.1 Å². The molecule has 0 spiro atoms. The molecule has 0 aliphatic heterocycles. The molecule has 0 saturated carbocycles. The smallest absolute Gasteiger partial charge is 0.162 e. The molecular weight excluding hydrogens is 414 g/mol. The van der Waals surface area contributed by atoms with Gasteiger partial charge in [0.1, 0.15) is 13.2 Å². The Morgan fingerprint density at radius 3 is 1.79 bits per heavy atom. The maximum atomic E-state index is 11.2. The van der Waals surface area contributed by atoms with Crippen molar-refractivity contribution in [2.24, 2.45) is 0 Å². The van der Waals surface area contributed by atoms with Crippen molar-refractivity contribution in [3.05, 3.63) is 95.6 Å². The van der Waals surface area contributed by atoms with Crippen LogP contribution in [0.3, 0.4) is 0 Å². The molecule has 33 heavy (non-hydrogen) atoms. The van der Waals surface area contributed by atoms with Crippen LogP contribution in [0.2, 0.25) is 0 Å². The number of rotatable bonds is 11. The molecule has 0 radical (unpaired) electrons. The van der Waals surface area contributed by atoms with Gasteiger partial charge in [0.15, 0.2) is 11.5 Å². The fraction of sp³-hybridized carbons (Fsp3) is 0.357. The summed E-state index contributed by atoms with van der Waals surface area (Å²) in [6.07, 6.45) is -0.936. The average molecular weight is 450 g/mol. The second kappa shape index (κ2) is 11.3. The van der Waals surface area contributed by atoms with Gasteiger partial charge in [-0.2, -0.15) is 0 Å². The molecule has 0 amide bonds. The number of aliphatic hydroxyl groups excluding tert-OH is 1. The molecule has 0 bridgehead atoms. The van der Waals surface area contributed by atoms with Crippen LogP contribution >= 0.6 is 0 Å². The minimum Gasteiger partial charge on any atom is -0.485 e. The molecule has 0 fully saturated rings. The molecule has 5 nitrogen and oxygen atoms in total. The van der Waals surface area contributed by atoms with Crippen LogP contribution in [0.5, 0.6) is 11.5 Å². The zero-order chi connectivity index (χ0) is 23.8. The summed E-state index contributed by atoms with van der Waals surface area (Å²) in [6, 6.07) is 24.8. The zero-order valence-corrected chi connectivity index (χ0v) is 19.9. The van der Waals surface area contributed by atoms with Crippen molar-refractivity contribution in [2.45, 2.75) is 64.7 Å². The first-order valence-corrected chi connectivity index (χ1v) is 11.4. The number of hydrogen-bond donors (Lipinski definition) is 3. The summed E-state index contributed by atoms with van der Waals surface area (Å²) in [5, 5.41) is 25.1. The first kappa shape index (κ1) is 24.8. The fourth-order valence-corrected chi connectivity index (χ4v) is 3.64. The van der Waals surface area contributed by atoms with Crippen molar-refractivity contribution >= 4 is 0 Å². The Morgan fingerprint density at radius 2 is 1.30 bits per heavy atom. The largest absolute Gasteiger partial charge is 0.485 e. The van der Waals surface area contributed by atoms with Gasteiger partial charge in [-0.1, -0.05) is 80.6 Å². The summed E-state index contributed by atoms with van der Waals surface area (Å²) in [4.78, 5) is 0. The van der Waals surface area contributed by atoms with Crippen LogP contribution in [-0.2, 0) is 13.2 Å². The lowest BCUT2D eigenvalue weighted by Gasteiger charge is -2.35. The van der Waals surface area contributed by atoms with Gasteiger partial charge < -0.3 is 25.0 Å². The molecule has 5 heteroatoms. The van der Waals surface area contributed by atoms with Gasteiger partial charge in [-0.3, -0.25) is 0 Å². The second-order valence-corrected chi connectivity index (χ2v) is 9.15. The van der Waals surface area contributed by atoms with Crippen molar-refractivity contribution in [2.75, 3.05) is 0 Å². The quantitative estimate of drug-likeness (QED) is 0.384. The van der Waals surface area contributed by atoms with Crippen LogP contribution in [0, 0.1) is 0 Å². The Labute approximate surface area is 197 Å². The predicted octanol–water partition coefficient (Wildman–Crippen LogP) is 5.02. The van der Waals surface area contributed by atoms with E-state index in [9.17, 15) is 10.2 Å². The van der Waals surface area contributed by atoms with E-state index < -0.39 is 17.7 Å². The Bertz CT molecular complexity index is 984. The minimum atomic E-state index is -1.13. The van der Waals surface area contributed by atoms with E-state index in [2.05, 4.69) is 5.32 Å². The van der Waals surface area contributed by atoms with Crippen LogP contribution in [-0.4, -0.2) is 27.9 Å². The first-order chi connectivity index (χ1) is 15.7. The summed E-state index contributed by atoms with van der Waals surface area (Å²) in [6.45, 7) is 8.15. The van der Waals surface area contributed by atoms with E-state index >= 15 is 0 Å². The third-order valence-electron chi connectivity index (χ3n) is 5.37. The molecule has 2 atom stereocenters. The molecule has 0 aromatic heterocycles. The SMILES string of the molecule is CC(C)NC(C(O)c1ccc(OCc2ccccc2)c(OCc2ccccc2)c1)C(C)(C)O. The highest BCUT2D eigenvalue weighted by Gasteiger charge is 2.34. The zero-order valence-electron chi connectivity index (χ0n) is 19.9. The maximum Gasteiger partial charge on any atom is 0.162 e. The summed E-state index contributed by atoms with van der Waals surface area (Å²) in [5.41, 5.74) is 1.61. The normalized spacial score (nSPS) is 13.5. The van der Waals surface area contributed by atoms with Gasteiger partial charge >= 0.3 is 0 Å². The number of benzene rings is 3. The van der Waals surface area contributed by atoms with Crippen LogP contribution in [0.1, 0.15) is 50.5 Å². The summed E-state index contributed by atoms with van der Waals surface area (Å²) >= 11 is 0. The van der Waals surface area contributed by atoms with Gasteiger partial charge in [-0.05, 0) is 42.7 Å². The molecule has 0 saturated heterocycles. The van der Waals surface area contributed by atoms with Crippen LogP contribution in [0.4, 0.5) is 0 Å². The van der Waals surface area contributed by atoms with E-state index in [1.807, 2.05) is 86.6 Å². The van der Waals surface area contributed by atoms with Crippen molar-refractivity contribution in [1.82, 2.24) is 5.32 Å². The van der Waals surface area contributed by atoms with E-state index in [1.54, 1.807) is 19.9 Å². The lowest BCUT2D eigenvalue weighted by molar-refractivity contribution is -0.0250. The topological polar surface area (TPSA) is 71.0 Å². The van der Waals surface area contributed by atoms with E-state index in [1.165, 1.54) is 0 Å². The van der Waals surface area contributed by atoms with Crippen molar-refractivity contribution in [1.29, 1.82) is 0 Å². The van der Waals surface area contributed by atoms with Gasteiger partial charge in [0.05, 0.1) is 17.7 Å². The summed E-state index contributed by atoms with van der Waals surface area (Å²) in [7, 11) is 0. The van der Waals surface area contributed by atoms with Crippen LogP contribution < -0.4 is 14.8 Å². The molecule has 3 aromatic carbocycles. The van der Waals surface area contributed by atoms with Gasteiger partial charge in [-0.15, -0.1) is 0 Å². The molecule has 0 heterocycles. The van der Waals surface area contributed by atoms with Crippen LogP contribution in [0.15, 0.2) is 78.9 Å². The Balaban J connectivity index is 1.86. The van der Waals surface area contributed by atoms with Gasteiger partial charge in [0.25, 0.3) is 0 Å². The number of nitrogens with one attached hydrogen (secondary N) is 1. The standard InChI is InChI=1S/C28H35NO4/c1-20(2)29-27(28(3,4)31)26(30)23-15-16-24(32-18-21-11-7-5-8-12-21)25(17-23)33-19-22-13-9-6-10-14-22/h5-17,20,26-27,29-31H,18-19H2,1-4H3. The van der Waals surface area contributed by atoms with Crippen molar-refractivity contribution in [3.8, 4) is 11.5 Å². The average Bonchev–Trinajstić information content (AvgIpc) is 2.80. The van der Waals surface area contributed by atoms with Gasteiger partial charge in [-0.25, -0.2) is 0 Å². The van der Waals surface area contributed by atoms with Crippen molar-refractivity contribution in [3.63, 3.8) is 0 Å². The molecule has 3 N–H and O–H groups in total. The van der Waals surface area contributed by atoms with Gasteiger partial charge in [0, 0.05) is 6.04 Å². The molecular formula is C28H35NO4. The fourth-order valence-electron chi connectivity index (χ4n) is 3.64. The summed E-state index contributed by atoms with van der Waals surface area (Å²) < 4.78 is 12.2. The molecule has 0 aliphatic carbocycles. The lowest BCUT2D eigenvalue weighted by Crippen LogP contribution is -2.52. The highest BCUT2D eigenvalue weighted by molar-refractivity contribution is 5.44. The Morgan fingerprint density at radius 1 is 0.788 bits per heavy atom. The highest BCUT2D eigenvalue weighted by Crippen LogP contribution is 2.34. The van der Waals surface area contributed by atoms with E-state index in [4.69, 9.17) is 9.47 Å². The van der Waals surface area contributed by atoms with Crippen molar-refractivity contribution < 1.29 is 19.7 Å². The molecule has 176 valence electrons. The Kier molecular flexibility index (Phi) is 8.50. The third-order valence-corrected chi connectivity index (χ3v) is 5.37. The molecule has 3 aromatic rings. The highest BCUT2D eigenvalue weighted by atomic mass is 16.5. The number of ether oxygens (including phenoxy) is 2. The minimum absolute atomic E-state index is 0.0957. The molecule has 2 unspecified atom stereocenters. The molecule has 3 rings (SSSR count). The van der Waals surface area contributed by atoms with E-state index in [-0.39, 0.29) is 6.04 Å². The van der Waals surface area contributed by atoms with Gasteiger partial charge in [0.2, 0.25) is 0 Å². The number of hydrogen-bond acceptors (Lipinski definition) is 5. The van der Waals surface area contributed by atoms with E-state index in [0.29, 0.717) is 30.3 Å². The monoisotopic (exact) mass is 449 g/mol. The Hall–Kier alpha value is -2.86. The predicted molar refractivity (Wildman–Crippen MR) is 131 cm³/mol. The lowest BCUT2D eigenvalue weighted by atomic mass is 9.89. The second-order valence-electron chi connectivity index (χ2n) is 9.15. The first-order valence-electron chi connectivity index (χ1n) is 11.4.